The van der Waals surface area contributed by atoms with E-state index >= 15 is 0 Å². The Kier molecular flexibility index (Phi) is 4.53. The average Bonchev–Trinajstić information content (AvgIpc) is 2.96. The third-order valence-electron chi connectivity index (χ3n) is 3.54. The number of thiophene rings is 1. The van der Waals surface area contributed by atoms with Crippen LogP contribution in [0.25, 0.3) is 0 Å². The zero-order valence-corrected chi connectivity index (χ0v) is 12.6. The second-order valence-electron chi connectivity index (χ2n) is 4.89. The fourth-order valence-electron chi connectivity index (χ4n) is 2.29. The largest absolute Gasteiger partial charge is 0.300 e. The Hall–Kier alpha value is -1.42. The third-order valence-corrected chi connectivity index (χ3v) is 4.48. The summed E-state index contributed by atoms with van der Waals surface area (Å²) >= 11 is 1.72. The van der Waals surface area contributed by atoms with E-state index < -0.39 is 0 Å². The van der Waals surface area contributed by atoms with E-state index in [1.807, 2.05) is 24.7 Å². The van der Waals surface area contributed by atoms with Crippen molar-refractivity contribution in [1.29, 1.82) is 0 Å². The molecule has 4 heteroatoms. The Morgan fingerprint density at radius 1 is 1.32 bits per heavy atom. The van der Waals surface area contributed by atoms with Crippen LogP contribution in [-0.2, 0) is 24.7 Å². The van der Waals surface area contributed by atoms with E-state index in [0.717, 1.165) is 18.5 Å². The highest BCUT2D eigenvalue weighted by molar-refractivity contribution is 7.09. The van der Waals surface area contributed by atoms with Crippen molar-refractivity contribution in [1.82, 2.24) is 9.78 Å². The van der Waals surface area contributed by atoms with Crippen molar-refractivity contribution in [2.75, 3.05) is 0 Å². The average molecular weight is 276 g/mol. The van der Waals surface area contributed by atoms with Gasteiger partial charge in [0.2, 0.25) is 0 Å². The first-order chi connectivity index (χ1) is 9.08. The number of ketones is 1. The number of Topliss-reactive ketones (excluding diaryl/α,β-unsaturated/α-hetero) is 1. The fourth-order valence-corrected chi connectivity index (χ4v) is 3.00. The van der Waals surface area contributed by atoms with E-state index in [0.29, 0.717) is 18.6 Å². The van der Waals surface area contributed by atoms with Crippen LogP contribution in [0, 0.1) is 13.8 Å². The Labute approximate surface area is 118 Å². The van der Waals surface area contributed by atoms with E-state index in [2.05, 4.69) is 23.5 Å². The minimum atomic E-state index is 0.344. The highest BCUT2D eigenvalue weighted by Crippen LogP contribution is 2.16. The molecule has 2 aromatic heterocycles. The van der Waals surface area contributed by atoms with Gasteiger partial charge in [0.25, 0.3) is 0 Å². The second kappa shape index (κ2) is 6.15. The second-order valence-corrected chi connectivity index (χ2v) is 5.92. The van der Waals surface area contributed by atoms with Crippen LogP contribution >= 0.6 is 11.3 Å². The number of aromatic nitrogens is 2. The van der Waals surface area contributed by atoms with Crippen molar-refractivity contribution >= 4 is 17.1 Å². The summed E-state index contributed by atoms with van der Waals surface area (Å²) in [6.45, 7) is 4.07. The summed E-state index contributed by atoms with van der Waals surface area (Å²) in [5.74, 6) is 0.344. The number of carbonyl (C=O) groups is 1. The van der Waals surface area contributed by atoms with Gasteiger partial charge >= 0.3 is 0 Å². The van der Waals surface area contributed by atoms with Crippen molar-refractivity contribution in [3.63, 3.8) is 0 Å². The van der Waals surface area contributed by atoms with Crippen LogP contribution in [0.4, 0.5) is 0 Å². The fraction of sp³-hybridized carbons (Fsp3) is 0.467. The monoisotopic (exact) mass is 276 g/mol. The van der Waals surface area contributed by atoms with Crippen LogP contribution in [0.3, 0.4) is 0 Å². The van der Waals surface area contributed by atoms with Gasteiger partial charge in [0.1, 0.15) is 5.78 Å². The van der Waals surface area contributed by atoms with Gasteiger partial charge in [-0.2, -0.15) is 5.10 Å². The molecule has 0 saturated carbocycles. The zero-order chi connectivity index (χ0) is 13.8. The van der Waals surface area contributed by atoms with Crippen LogP contribution < -0.4 is 0 Å². The molecule has 0 aliphatic heterocycles. The maximum atomic E-state index is 11.9. The van der Waals surface area contributed by atoms with Gasteiger partial charge in [0, 0.05) is 30.5 Å². The van der Waals surface area contributed by atoms with E-state index in [9.17, 15) is 4.79 Å². The van der Waals surface area contributed by atoms with Gasteiger partial charge in [-0.3, -0.25) is 9.48 Å². The first-order valence-electron chi connectivity index (χ1n) is 6.61. The van der Waals surface area contributed by atoms with Crippen LogP contribution in [-0.4, -0.2) is 15.6 Å². The lowest BCUT2D eigenvalue weighted by Gasteiger charge is -2.02. The maximum Gasteiger partial charge on any atom is 0.133 e. The summed E-state index contributed by atoms with van der Waals surface area (Å²) in [5, 5.41) is 6.44. The summed E-state index contributed by atoms with van der Waals surface area (Å²) < 4.78 is 1.89. The molecule has 0 spiro atoms. The predicted molar refractivity (Wildman–Crippen MR) is 78.7 cm³/mol. The van der Waals surface area contributed by atoms with Crippen molar-refractivity contribution in [2.24, 2.45) is 7.05 Å². The zero-order valence-electron chi connectivity index (χ0n) is 11.8. The molecule has 19 heavy (non-hydrogen) atoms. The molecule has 102 valence electrons. The van der Waals surface area contributed by atoms with E-state index in [1.54, 1.807) is 11.3 Å². The first-order valence-corrected chi connectivity index (χ1v) is 7.49. The quantitative estimate of drug-likeness (QED) is 0.812. The highest BCUT2D eigenvalue weighted by atomic mass is 32.1. The Morgan fingerprint density at radius 2 is 2.05 bits per heavy atom. The summed E-state index contributed by atoms with van der Waals surface area (Å²) in [6.07, 6.45) is 2.97. The Morgan fingerprint density at radius 3 is 2.63 bits per heavy atom. The number of hydrogen-bond acceptors (Lipinski definition) is 3. The summed E-state index contributed by atoms with van der Waals surface area (Å²) in [4.78, 5) is 13.2. The standard InChI is InChI=1S/C15H20N2OS/c1-11-15(12(2)17(3)16-11)9-7-13(18)6-8-14-5-4-10-19-14/h4-5,10H,6-9H2,1-3H3. The number of aryl methyl sites for hydroxylation is 3. The van der Waals surface area contributed by atoms with Gasteiger partial charge in [0.05, 0.1) is 5.69 Å². The van der Waals surface area contributed by atoms with Crippen molar-refractivity contribution in [2.45, 2.75) is 39.5 Å². The summed E-state index contributed by atoms with van der Waals surface area (Å²) in [7, 11) is 1.95. The molecular formula is C15H20N2OS. The molecule has 0 bridgehead atoms. The lowest BCUT2D eigenvalue weighted by atomic mass is 10.0. The molecule has 0 aliphatic carbocycles. The molecule has 0 atom stereocenters. The van der Waals surface area contributed by atoms with Gasteiger partial charge in [-0.15, -0.1) is 11.3 Å². The number of nitrogens with zero attached hydrogens (tertiary/aromatic N) is 2. The minimum Gasteiger partial charge on any atom is -0.300 e. The van der Waals surface area contributed by atoms with E-state index in [-0.39, 0.29) is 0 Å². The number of hydrogen-bond donors (Lipinski definition) is 0. The smallest absolute Gasteiger partial charge is 0.133 e. The van der Waals surface area contributed by atoms with Crippen LogP contribution in [0.15, 0.2) is 17.5 Å². The third kappa shape index (κ3) is 3.53. The van der Waals surface area contributed by atoms with Gasteiger partial charge in [-0.1, -0.05) is 6.07 Å². The minimum absolute atomic E-state index is 0.344. The molecule has 2 rings (SSSR count). The Balaban J connectivity index is 1.83. The lowest BCUT2D eigenvalue weighted by molar-refractivity contribution is -0.119. The molecule has 2 heterocycles. The molecule has 0 radical (unpaired) electrons. The first kappa shape index (κ1) is 14.0. The predicted octanol–water partition coefficient (Wildman–Crippen LogP) is 3.23. The molecule has 3 nitrogen and oxygen atoms in total. The van der Waals surface area contributed by atoms with Crippen LogP contribution in [0.1, 0.15) is 34.7 Å². The summed E-state index contributed by atoms with van der Waals surface area (Å²) in [6, 6.07) is 4.13. The normalized spacial score (nSPS) is 10.9. The SMILES string of the molecule is Cc1nn(C)c(C)c1CCC(=O)CCc1cccs1. The van der Waals surface area contributed by atoms with Crippen LogP contribution in [0.2, 0.25) is 0 Å². The molecule has 0 amide bonds. The van der Waals surface area contributed by atoms with Gasteiger partial charge in [-0.05, 0) is 43.7 Å². The topological polar surface area (TPSA) is 34.9 Å². The number of carbonyl (C=O) groups excluding carboxylic acids is 1. The molecule has 0 fully saturated rings. The molecule has 0 unspecified atom stereocenters. The maximum absolute atomic E-state index is 11.9. The van der Waals surface area contributed by atoms with Gasteiger partial charge < -0.3 is 0 Å². The van der Waals surface area contributed by atoms with Crippen molar-refractivity contribution in [3.8, 4) is 0 Å². The molecule has 0 N–H and O–H groups in total. The van der Waals surface area contributed by atoms with Crippen LogP contribution in [0.5, 0.6) is 0 Å². The lowest BCUT2D eigenvalue weighted by Crippen LogP contribution is -2.03. The molecule has 0 aliphatic rings. The van der Waals surface area contributed by atoms with Gasteiger partial charge in [0.15, 0.2) is 0 Å². The molecule has 2 aromatic rings. The van der Waals surface area contributed by atoms with E-state index in [4.69, 9.17) is 0 Å². The molecule has 0 aromatic carbocycles. The van der Waals surface area contributed by atoms with Crippen molar-refractivity contribution < 1.29 is 4.79 Å². The van der Waals surface area contributed by atoms with Gasteiger partial charge in [-0.25, -0.2) is 0 Å². The highest BCUT2D eigenvalue weighted by Gasteiger charge is 2.11. The number of rotatable bonds is 6. The molecule has 0 saturated heterocycles. The van der Waals surface area contributed by atoms with Crippen molar-refractivity contribution in [3.05, 3.63) is 39.3 Å². The van der Waals surface area contributed by atoms with E-state index in [1.165, 1.54) is 16.1 Å². The summed E-state index contributed by atoms with van der Waals surface area (Å²) in [5.41, 5.74) is 3.45. The Bertz CT molecular complexity index is 555. The molecular weight excluding hydrogens is 256 g/mol.